The van der Waals surface area contributed by atoms with Gasteiger partial charge in [-0.05, 0) is 43.6 Å². The Labute approximate surface area is 200 Å². The second kappa shape index (κ2) is 10.6. The van der Waals surface area contributed by atoms with Gasteiger partial charge in [-0.25, -0.2) is 14.8 Å². The van der Waals surface area contributed by atoms with Gasteiger partial charge in [-0.3, -0.25) is 5.32 Å². The molecule has 2 aromatic heterocycles. The van der Waals surface area contributed by atoms with Crippen LogP contribution in [0.25, 0.3) is 11.1 Å². The first-order valence-electron chi connectivity index (χ1n) is 11.8. The van der Waals surface area contributed by atoms with Gasteiger partial charge >= 0.3 is 6.03 Å². The topological polar surface area (TPSA) is 108 Å². The Morgan fingerprint density at radius 2 is 1.71 bits per heavy atom. The molecule has 34 heavy (non-hydrogen) atoms. The Morgan fingerprint density at radius 1 is 1.00 bits per heavy atom. The lowest BCUT2D eigenvalue weighted by Crippen LogP contribution is -2.33. The molecule has 4 rings (SSSR count). The van der Waals surface area contributed by atoms with Gasteiger partial charge in [-0.15, -0.1) is 0 Å². The van der Waals surface area contributed by atoms with Crippen molar-refractivity contribution in [3.05, 3.63) is 48.5 Å². The van der Waals surface area contributed by atoms with E-state index in [0.717, 1.165) is 24.2 Å². The van der Waals surface area contributed by atoms with E-state index in [1.165, 1.54) is 32.4 Å². The standard InChI is InChI=1S/C25H33N7O2/c1-25(2,3)21-15-22(31-34-21)30-24(33)29-20-9-7-18(8-10-20)19-16-27-23(28-17-19)26-11-14-32-12-5-4-6-13-32/h7-10,15-17H,4-6,11-14H2,1-3H3,(H,26,27,28)(H2,29,30,31,33). The van der Waals surface area contributed by atoms with Gasteiger partial charge < -0.3 is 20.1 Å². The lowest BCUT2D eigenvalue weighted by Gasteiger charge is -2.26. The number of amides is 2. The molecule has 3 N–H and O–H groups in total. The first-order chi connectivity index (χ1) is 16.4. The molecule has 0 bridgehead atoms. The van der Waals surface area contributed by atoms with Crippen LogP contribution in [-0.2, 0) is 5.41 Å². The Bertz CT molecular complexity index is 1070. The Morgan fingerprint density at radius 3 is 2.35 bits per heavy atom. The molecule has 0 aliphatic carbocycles. The largest absolute Gasteiger partial charge is 0.359 e. The van der Waals surface area contributed by atoms with Crippen LogP contribution in [0.5, 0.6) is 0 Å². The van der Waals surface area contributed by atoms with Crippen molar-refractivity contribution in [2.24, 2.45) is 0 Å². The van der Waals surface area contributed by atoms with E-state index in [1.54, 1.807) is 6.07 Å². The van der Waals surface area contributed by atoms with Gasteiger partial charge in [0.25, 0.3) is 0 Å². The van der Waals surface area contributed by atoms with Gasteiger partial charge in [0.05, 0.1) is 0 Å². The Hall–Kier alpha value is -3.46. The SMILES string of the molecule is CC(C)(C)c1cc(NC(=O)Nc2ccc(-c3cnc(NCCN4CCCCC4)nc3)cc2)no1. The fourth-order valence-electron chi connectivity index (χ4n) is 3.79. The number of hydrogen-bond donors (Lipinski definition) is 3. The minimum Gasteiger partial charge on any atom is -0.359 e. The predicted molar refractivity (Wildman–Crippen MR) is 134 cm³/mol. The summed E-state index contributed by atoms with van der Waals surface area (Å²) in [5, 5.41) is 12.7. The number of nitrogens with one attached hydrogen (secondary N) is 3. The summed E-state index contributed by atoms with van der Waals surface area (Å²) in [4.78, 5) is 23.6. The molecule has 9 nitrogen and oxygen atoms in total. The predicted octanol–water partition coefficient (Wildman–Crippen LogP) is 4.97. The smallest absolute Gasteiger partial charge is 0.324 e. The lowest BCUT2D eigenvalue weighted by atomic mass is 9.93. The number of aromatic nitrogens is 3. The molecule has 1 saturated heterocycles. The maximum Gasteiger partial charge on any atom is 0.324 e. The van der Waals surface area contributed by atoms with E-state index in [2.05, 4.69) is 36.0 Å². The minimum atomic E-state index is -0.384. The van der Waals surface area contributed by atoms with Crippen molar-refractivity contribution in [3.8, 4) is 11.1 Å². The van der Waals surface area contributed by atoms with Crippen LogP contribution in [-0.4, -0.2) is 52.2 Å². The van der Waals surface area contributed by atoms with Gasteiger partial charge in [0.1, 0.15) is 5.76 Å². The normalized spacial score (nSPS) is 14.6. The Kier molecular flexibility index (Phi) is 7.42. The number of piperidine rings is 1. The van der Waals surface area contributed by atoms with Crippen molar-refractivity contribution in [1.82, 2.24) is 20.0 Å². The average Bonchev–Trinajstić information content (AvgIpc) is 3.30. The van der Waals surface area contributed by atoms with Crippen molar-refractivity contribution in [3.63, 3.8) is 0 Å². The molecule has 1 aliphatic rings. The summed E-state index contributed by atoms with van der Waals surface area (Å²) in [6.45, 7) is 10.3. The molecule has 0 atom stereocenters. The molecule has 1 aromatic carbocycles. The lowest BCUT2D eigenvalue weighted by molar-refractivity contribution is 0.237. The molecule has 9 heteroatoms. The van der Waals surface area contributed by atoms with E-state index in [-0.39, 0.29) is 11.4 Å². The van der Waals surface area contributed by atoms with E-state index in [4.69, 9.17) is 4.52 Å². The van der Waals surface area contributed by atoms with Gasteiger partial charge in [0.2, 0.25) is 5.95 Å². The van der Waals surface area contributed by atoms with E-state index in [0.29, 0.717) is 23.2 Å². The zero-order valence-corrected chi connectivity index (χ0v) is 20.1. The molecule has 0 spiro atoms. The average molecular weight is 464 g/mol. The van der Waals surface area contributed by atoms with Crippen LogP contribution in [0, 0.1) is 0 Å². The highest BCUT2D eigenvalue weighted by Gasteiger charge is 2.20. The molecular formula is C25H33N7O2. The second-order valence-corrected chi connectivity index (χ2v) is 9.61. The van der Waals surface area contributed by atoms with Gasteiger partial charge in [-0.2, -0.15) is 0 Å². The molecule has 3 aromatic rings. The van der Waals surface area contributed by atoms with Gasteiger partial charge in [-0.1, -0.05) is 44.5 Å². The summed E-state index contributed by atoms with van der Waals surface area (Å²) in [5.41, 5.74) is 2.37. The number of carbonyl (C=O) groups excluding carboxylic acids is 1. The quantitative estimate of drug-likeness (QED) is 0.454. The summed E-state index contributed by atoms with van der Waals surface area (Å²) in [7, 11) is 0. The van der Waals surface area contributed by atoms with E-state index >= 15 is 0 Å². The molecular weight excluding hydrogens is 430 g/mol. The first-order valence-corrected chi connectivity index (χ1v) is 11.8. The summed E-state index contributed by atoms with van der Waals surface area (Å²) < 4.78 is 5.29. The molecule has 1 fully saturated rings. The van der Waals surface area contributed by atoms with Crippen LogP contribution in [0.2, 0.25) is 0 Å². The maximum atomic E-state index is 12.3. The summed E-state index contributed by atoms with van der Waals surface area (Å²) in [6.07, 6.45) is 7.56. The monoisotopic (exact) mass is 463 g/mol. The van der Waals surface area contributed by atoms with Crippen molar-refractivity contribution in [2.45, 2.75) is 45.4 Å². The fraction of sp³-hybridized carbons (Fsp3) is 0.440. The maximum absolute atomic E-state index is 12.3. The van der Waals surface area contributed by atoms with Crippen molar-refractivity contribution < 1.29 is 9.32 Å². The zero-order valence-electron chi connectivity index (χ0n) is 20.1. The van der Waals surface area contributed by atoms with Crippen molar-refractivity contribution >= 4 is 23.5 Å². The highest BCUT2D eigenvalue weighted by atomic mass is 16.5. The minimum absolute atomic E-state index is 0.176. The van der Waals surface area contributed by atoms with Crippen LogP contribution in [0.15, 0.2) is 47.2 Å². The van der Waals surface area contributed by atoms with Crippen LogP contribution in [0.3, 0.4) is 0 Å². The highest BCUT2D eigenvalue weighted by molar-refractivity contribution is 5.99. The number of rotatable bonds is 7. The number of carbonyl (C=O) groups is 1. The van der Waals surface area contributed by atoms with Crippen LogP contribution in [0.1, 0.15) is 45.8 Å². The molecule has 180 valence electrons. The fourth-order valence-corrected chi connectivity index (χ4v) is 3.79. The third-order valence-corrected chi connectivity index (χ3v) is 5.78. The van der Waals surface area contributed by atoms with E-state index < -0.39 is 0 Å². The van der Waals surface area contributed by atoms with Crippen molar-refractivity contribution in [2.75, 3.05) is 42.1 Å². The number of anilines is 3. The van der Waals surface area contributed by atoms with Crippen LogP contribution < -0.4 is 16.0 Å². The molecule has 0 radical (unpaired) electrons. The summed E-state index contributed by atoms with van der Waals surface area (Å²) in [6, 6.07) is 8.86. The highest BCUT2D eigenvalue weighted by Crippen LogP contribution is 2.25. The molecule has 2 amide bonds. The Balaban J connectivity index is 1.26. The third kappa shape index (κ3) is 6.54. The first kappa shape index (κ1) is 23.7. The third-order valence-electron chi connectivity index (χ3n) is 5.78. The van der Waals surface area contributed by atoms with Crippen LogP contribution >= 0.6 is 0 Å². The number of likely N-dealkylation sites (tertiary alicyclic amines) is 1. The second-order valence-electron chi connectivity index (χ2n) is 9.61. The molecule has 3 heterocycles. The number of nitrogens with zero attached hydrogens (tertiary/aromatic N) is 4. The van der Waals surface area contributed by atoms with Crippen LogP contribution in [0.4, 0.5) is 22.2 Å². The molecule has 1 aliphatic heterocycles. The number of benzene rings is 1. The zero-order chi connectivity index (χ0) is 24.0. The number of hydrogen-bond acceptors (Lipinski definition) is 7. The van der Waals surface area contributed by atoms with Gasteiger partial charge in [0, 0.05) is 48.2 Å². The molecule has 0 saturated carbocycles. The van der Waals surface area contributed by atoms with Gasteiger partial charge in [0.15, 0.2) is 5.82 Å². The summed E-state index contributed by atoms with van der Waals surface area (Å²) >= 11 is 0. The van der Waals surface area contributed by atoms with E-state index in [1.807, 2.05) is 57.4 Å². The molecule has 0 unspecified atom stereocenters. The van der Waals surface area contributed by atoms with E-state index in [9.17, 15) is 4.79 Å². The summed E-state index contributed by atoms with van der Waals surface area (Å²) in [5.74, 6) is 1.72. The van der Waals surface area contributed by atoms with Crippen molar-refractivity contribution in [1.29, 1.82) is 0 Å². The number of urea groups is 1.